The number of likely N-dealkylation sites (N-methyl/N-ethyl adjacent to an activating group) is 1. The molecule has 1 aromatic heterocycles. The van der Waals surface area contributed by atoms with Gasteiger partial charge in [0.1, 0.15) is 12.4 Å². The maximum atomic E-state index is 5.81. The van der Waals surface area contributed by atoms with Crippen LogP contribution in [0.25, 0.3) is 0 Å². The normalized spacial score (nSPS) is 17.3. The number of hydrogen-bond acceptors (Lipinski definition) is 6. The fourth-order valence-electron chi connectivity index (χ4n) is 2.79. The van der Waals surface area contributed by atoms with Crippen molar-refractivity contribution < 1.29 is 9.47 Å². The molecule has 1 aliphatic rings. The molecule has 6 heteroatoms. The zero-order chi connectivity index (χ0) is 16.9. The fraction of sp³-hybridized carbons (Fsp3) is 0.444. The van der Waals surface area contributed by atoms with Crippen LogP contribution in [-0.4, -0.2) is 55.2 Å². The van der Waals surface area contributed by atoms with Gasteiger partial charge in [-0.25, -0.2) is 4.98 Å². The van der Waals surface area contributed by atoms with Crippen molar-refractivity contribution in [3.05, 3.63) is 42.1 Å². The first kappa shape index (κ1) is 16.5. The molecule has 1 atom stereocenters. The van der Waals surface area contributed by atoms with Crippen molar-refractivity contribution in [3.63, 3.8) is 0 Å². The molecule has 0 spiro atoms. The number of rotatable bonds is 6. The van der Waals surface area contributed by atoms with Crippen LogP contribution in [0.1, 0.15) is 12.0 Å². The molecular weight excluding hydrogens is 304 g/mol. The summed E-state index contributed by atoms with van der Waals surface area (Å²) in [5, 5.41) is 0. The highest BCUT2D eigenvalue weighted by Gasteiger charge is 2.25. The lowest BCUT2D eigenvalue weighted by molar-refractivity contribution is 0.293. The van der Waals surface area contributed by atoms with Crippen LogP contribution in [0.4, 0.5) is 5.95 Å². The van der Waals surface area contributed by atoms with Crippen molar-refractivity contribution in [3.8, 4) is 11.6 Å². The van der Waals surface area contributed by atoms with Gasteiger partial charge < -0.3 is 19.3 Å². The second kappa shape index (κ2) is 7.49. The van der Waals surface area contributed by atoms with E-state index in [-0.39, 0.29) is 0 Å². The second-order valence-corrected chi connectivity index (χ2v) is 6.18. The predicted molar refractivity (Wildman–Crippen MR) is 93.7 cm³/mol. The Bertz CT molecular complexity index is 660. The first-order valence-electron chi connectivity index (χ1n) is 8.16. The summed E-state index contributed by atoms with van der Waals surface area (Å²) >= 11 is 0. The third-order valence-electron chi connectivity index (χ3n) is 4.34. The van der Waals surface area contributed by atoms with Gasteiger partial charge in [-0.15, -0.1) is 0 Å². The molecule has 3 rings (SSSR count). The van der Waals surface area contributed by atoms with E-state index >= 15 is 0 Å². The Morgan fingerprint density at radius 1 is 1.21 bits per heavy atom. The van der Waals surface area contributed by atoms with Gasteiger partial charge in [-0.2, -0.15) is 4.98 Å². The van der Waals surface area contributed by atoms with Crippen LogP contribution in [0.2, 0.25) is 0 Å². The highest BCUT2D eigenvalue weighted by atomic mass is 16.5. The molecule has 24 heavy (non-hydrogen) atoms. The molecule has 0 N–H and O–H groups in total. The van der Waals surface area contributed by atoms with E-state index in [9.17, 15) is 0 Å². The summed E-state index contributed by atoms with van der Waals surface area (Å²) in [5.74, 6) is 2.18. The molecule has 0 amide bonds. The Morgan fingerprint density at radius 2 is 2.00 bits per heavy atom. The van der Waals surface area contributed by atoms with Crippen LogP contribution in [0.3, 0.4) is 0 Å². The number of aromatic nitrogens is 2. The van der Waals surface area contributed by atoms with Gasteiger partial charge >= 0.3 is 0 Å². The van der Waals surface area contributed by atoms with Crippen LogP contribution in [0.5, 0.6) is 11.6 Å². The fourth-order valence-corrected chi connectivity index (χ4v) is 2.79. The number of hydrogen-bond donors (Lipinski definition) is 0. The average molecular weight is 328 g/mol. The summed E-state index contributed by atoms with van der Waals surface area (Å²) in [6.45, 7) is 2.40. The summed E-state index contributed by atoms with van der Waals surface area (Å²) in [6.07, 6.45) is 2.89. The van der Waals surface area contributed by atoms with E-state index in [2.05, 4.69) is 33.9 Å². The summed E-state index contributed by atoms with van der Waals surface area (Å²) in [5.41, 5.74) is 1.07. The Hall–Kier alpha value is -2.34. The highest BCUT2D eigenvalue weighted by molar-refractivity contribution is 5.34. The number of nitrogens with zero attached hydrogens (tertiary/aromatic N) is 4. The van der Waals surface area contributed by atoms with Crippen molar-refractivity contribution in [2.24, 2.45) is 0 Å². The first-order valence-corrected chi connectivity index (χ1v) is 8.16. The summed E-state index contributed by atoms with van der Waals surface area (Å²) < 4.78 is 11.0. The van der Waals surface area contributed by atoms with Crippen molar-refractivity contribution >= 4 is 5.95 Å². The van der Waals surface area contributed by atoms with Crippen LogP contribution >= 0.6 is 0 Å². The first-order chi connectivity index (χ1) is 11.7. The molecule has 128 valence electrons. The molecule has 1 saturated heterocycles. The number of anilines is 1. The maximum absolute atomic E-state index is 5.81. The van der Waals surface area contributed by atoms with E-state index < -0.39 is 0 Å². The van der Waals surface area contributed by atoms with E-state index in [0.29, 0.717) is 18.5 Å². The summed E-state index contributed by atoms with van der Waals surface area (Å²) in [4.78, 5) is 13.4. The third-order valence-corrected chi connectivity index (χ3v) is 4.34. The van der Waals surface area contributed by atoms with Crippen LogP contribution < -0.4 is 14.4 Å². The highest BCUT2D eigenvalue weighted by Crippen LogP contribution is 2.21. The number of benzene rings is 1. The SMILES string of the molecule is COc1ccc(COc2ccnc(N3CCC(N(C)C)C3)n2)cc1. The molecule has 1 unspecified atom stereocenters. The molecule has 2 heterocycles. The Kier molecular flexibility index (Phi) is 5.15. The molecule has 6 nitrogen and oxygen atoms in total. The summed E-state index contributed by atoms with van der Waals surface area (Å²) in [6, 6.07) is 10.2. The quantitative estimate of drug-likeness (QED) is 0.810. The van der Waals surface area contributed by atoms with Gasteiger partial charge in [0, 0.05) is 31.4 Å². The molecule has 0 bridgehead atoms. The lowest BCUT2D eigenvalue weighted by Crippen LogP contribution is -2.32. The predicted octanol–water partition coefficient (Wildman–Crippen LogP) is 2.20. The number of ether oxygens (including phenoxy) is 2. The van der Waals surface area contributed by atoms with E-state index in [0.717, 1.165) is 36.8 Å². The lowest BCUT2D eigenvalue weighted by atomic mass is 10.2. The number of methoxy groups -OCH3 is 1. The minimum Gasteiger partial charge on any atom is -0.497 e. The van der Waals surface area contributed by atoms with E-state index in [1.54, 1.807) is 19.4 Å². The van der Waals surface area contributed by atoms with Crippen LogP contribution in [-0.2, 0) is 6.61 Å². The minimum absolute atomic E-state index is 0.473. The van der Waals surface area contributed by atoms with Crippen LogP contribution in [0.15, 0.2) is 36.5 Å². The Labute approximate surface area is 143 Å². The monoisotopic (exact) mass is 328 g/mol. The second-order valence-electron chi connectivity index (χ2n) is 6.18. The Morgan fingerprint density at radius 3 is 2.67 bits per heavy atom. The zero-order valence-electron chi connectivity index (χ0n) is 14.5. The standard InChI is InChI=1S/C18H24N4O2/c1-21(2)15-9-11-22(12-15)18-19-10-8-17(20-18)24-13-14-4-6-16(23-3)7-5-14/h4-8,10,15H,9,11-13H2,1-3H3. The van der Waals surface area contributed by atoms with E-state index in [4.69, 9.17) is 9.47 Å². The third kappa shape index (κ3) is 3.94. The topological polar surface area (TPSA) is 50.7 Å². The molecule has 1 fully saturated rings. The van der Waals surface area contributed by atoms with Gasteiger partial charge in [0.2, 0.25) is 11.8 Å². The molecular formula is C18H24N4O2. The van der Waals surface area contributed by atoms with Crippen molar-refractivity contribution in [1.82, 2.24) is 14.9 Å². The molecule has 1 aliphatic heterocycles. The van der Waals surface area contributed by atoms with Crippen molar-refractivity contribution in [2.45, 2.75) is 19.1 Å². The smallest absolute Gasteiger partial charge is 0.228 e. The van der Waals surface area contributed by atoms with E-state index in [1.165, 1.54) is 0 Å². The average Bonchev–Trinajstić information content (AvgIpc) is 3.11. The van der Waals surface area contributed by atoms with Gasteiger partial charge in [0.25, 0.3) is 0 Å². The Balaban J connectivity index is 1.61. The molecule has 1 aromatic carbocycles. The van der Waals surface area contributed by atoms with Crippen molar-refractivity contribution in [1.29, 1.82) is 0 Å². The van der Waals surface area contributed by atoms with Gasteiger partial charge in [0.15, 0.2) is 0 Å². The van der Waals surface area contributed by atoms with E-state index in [1.807, 2.05) is 24.3 Å². The molecule has 2 aromatic rings. The molecule has 0 radical (unpaired) electrons. The molecule has 0 saturated carbocycles. The minimum atomic E-state index is 0.473. The largest absolute Gasteiger partial charge is 0.497 e. The summed E-state index contributed by atoms with van der Waals surface area (Å²) in [7, 11) is 5.89. The van der Waals surface area contributed by atoms with Gasteiger partial charge in [-0.05, 0) is 38.2 Å². The molecule has 0 aliphatic carbocycles. The maximum Gasteiger partial charge on any atom is 0.228 e. The van der Waals surface area contributed by atoms with Gasteiger partial charge in [-0.3, -0.25) is 0 Å². The lowest BCUT2D eigenvalue weighted by Gasteiger charge is -2.20. The van der Waals surface area contributed by atoms with Gasteiger partial charge in [-0.1, -0.05) is 12.1 Å². The zero-order valence-corrected chi connectivity index (χ0v) is 14.5. The van der Waals surface area contributed by atoms with Crippen molar-refractivity contribution in [2.75, 3.05) is 39.2 Å². The van der Waals surface area contributed by atoms with Gasteiger partial charge in [0.05, 0.1) is 7.11 Å². The van der Waals surface area contributed by atoms with Crippen LogP contribution in [0, 0.1) is 0 Å².